The van der Waals surface area contributed by atoms with Gasteiger partial charge in [-0.3, -0.25) is 67.7 Å². The number of hydrogen-bond acceptors (Lipinski definition) is 15. The number of pyridine rings is 1. The molecule has 0 aliphatic carbocycles. The van der Waals surface area contributed by atoms with Crippen molar-refractivity contribution in [2.24, 2.45) is 5.92 Å². The van der Waals surface area contributed by atoms with Crippen molar-refractivity contribution in [1.82, 2.24) is 45.4 Å². The molecule has 3 rings (SSSR count). The fourth-order valence-corrected chi connectivity index (χ4v) is 7.48. The van der Waals surface area contributed by atoms with E-state index in [0.29, 0.717) is 12.8 Å². The predicted molar refractivity (Wildman–Crippen MR) is 229 cm³/mol. The van der Waals surface area contributed by atoms with E-state index in [2.05, 4.69) is 20.9 Å². The van der Waals surface area contributed by atoms with Gasteiger partial charge in [-0.2, -0.15) is 5.26 Å². The average molecular weight is 951 g/mol. The summed E-state index contributed by atoms with van der Waals surface area (Å²) in [7, 11) is 0. The summed E-state index contributed by atoms with van der Waals surface area (Å²) in [6.45, 7) is 1.34. The normalized spacial score (nSPS) is 18.5. The number of alkyl halides is 2. The number of carboxylic acid groups (broad SMARTS) is 4. The van der Waals surface area contributed by atoms with E-state index < -0.39 is 84.3 Å². The molecule has 2 aliphatic heterocycles. The summed E-state index contributed by atoms with van der Waals surface area (Å²) in [5.74, 6) is -11.6. The number of ketones is 1. The van der Waals surface area contributed by atoms with Gasteiger partial charge in [-0.1, -0.05) is 6.42 Å². The summed E-state index contributed by atoms with van der Waals surface area (Å²) in [6.07, 6.45) is 0.508. The van der Waals surface area contributed by atoms with E-state index in [-0.39, 0.29) is 134 Å². The summed E-state index contributed by atoms with van der Waals surface area (Å²) in [5, 5.41) is 54.9. The molecule has 23 nitrogen and oxygen atoms in total. The maximum Gasteiger partial charge on any atom is 0.317 e. The molecule has 2 saturated heterocycles. The fraction of sp³-hybridized carbons (Fsp3) is 0.643. The van der Waals surface area contributed by atoms with Crippen molar-refractivity contribution < 1.29 is 72.4 Å². The van der Waals surface area contributed by atoms with Crippen LogP contribution in [0.25, 0.3) is 0 Å². The van der Waals surface area contributed by atoms with E-state index in [9.17, 15) is 77.6 Å². The highest BCUT2D eigenvalue weighted by Crippen LogP contribution is 2.32. The Morgan fingerprint density at radius 3 is 1.84 bits per heavy atom. The van der Waals surface area contributed by atoms with Crippen LogP contribution in [0.15, 0.2) is 18.3 Å². The van der Waals surface area contributed by atoms with Gasteiger partial charge in [0, 0.05) is 96.3 Å². The highest BCUT2D eigenvalue weighted by Gasteiger charge is 2.48. The number of carbonyl (C=O) groups excluding carboxylic acids is 5. The molecular weight excluding hydrogens is 891 g/mol. The van der Waals surface area contributed by atoms with Gasteiger partial charge in [0.1, 0.15) is 17.9 Å². The predicted octanol–water partition coefficient (Wildman–Crippen LogP) is -1.22. The first kappa shape index (κ1) is 55.1. The lowest BCUT2D eigenvalue weighted by Crippen LogP contribution is -2.49. The number of amides is 4. The van der Waals surface area contributed by atoms with Crippen molar-refractivity contribution in [3.8, 4) is 6.07 Å². The van der Waals surface area contributed by atoms with Crippen LogP contribution in [-0.4, -0.2) is 213 Å². The zero-order valence-electron chi connectivity index (χ0n) is 37.4. The smallest absolute Gasteiger partial charge is 0.317 e. The molecule has 67 heavy (non-hydrogen) atoms. The van der Waals surface area contributed by atoms with Crippen LogP contribution in [0.1, 0.15) is 67.9 Å². The van der Waals surface area contributed by atoms with Gasteiger partial charge in [-0.25, -0.2) is 8.78 Å². The Bertz CT molecular complexity index is 1940. The Morgan fingerprint density at radius 1 is 0.791 bits per heavy atom. The quantitative estimate of drug-likeness (QED) is 0.0597. The minimum absolute atomic E-state index is 0.0512. The van der Waals surface area contributed by atoms with Crippen LogP contribution in [0, 0.1) is 17.2 Å². The molecule has 7 N–H and O–H groups in total. The zero-order chi connectivity index (χ0) is 49.7. The lowest BCUT2D eigenvalue weighted by atomic mass is 9.94. The number of aliphatic carboxylic acids is 4. The third-order valence-electron chi connectivity index (χ3n) is 11.1. The number of nitrogens with zero attached hydrogens (tertiary/aromatic N) is 7. The third kappa shape index (κ3) is 20.9. The number of rotatable bonds is 24. The van der Waals surface area contributed by atoms with Gasteiger partial charge in [0.25, 0.3) is 11.8 Å². The van der Waals surface area contributed by atoms with Crippen LogP contribution in [0.2, 0.25) is 0 Å². The van der Waals surface area contributed by atoms with Crippen molar-refractivity contribution >= 4 is 53.3 Å². The maximum atomic E-state index is 13.8. The molecule has 3 atom stereocenters. The van der Waals surface area contributed by atoms with Crippen LogP contribution in [0.4, 0.5) is 8.78 Å². The standard InChI is InChI=1S/C42H60F2N10O13/c1-28(40(65)54-27-42(43,44)20-32(54)21-45)49-39(64)29-7-9-46-31(18-29)22-48-34(56)6-5-33(55)19-30(41(66)67)4-2-3-8-47-35(57)23-50-10-12-51(24-36(58)59)14-16-53(26-38(62)63)17-15-52(13-11-50)25-37(60)61/h7,9,18,28,30,32H,2-6,8,10-17,19-20,22-27H2,1H3,(H,47,57)(H,48,56)(H,49,64)(H,58,59)(H,60,61)(H,62,63)(H,66,67)/t28?,30?,32-/m0/s1. The second-order valence-electron chi connectivity index (χ2n) is 16.6. The van der Waals surface area contributed by atoms with Crippen molar-refractivity contribution in [1.29, 1.82) is 5.26 Å². The van der Waals surface area contributed by atoms with Crippen molar-refractivity contribution in [2.75, 3.05) is 91.6 Å². The molecule has 2 fully saturated rings. The Morgan fingerprint density at radius 2 is 1.33 bits per heavy atom. The van der Waals surface area contributed by atoms with E-state index in [1.54, 1.807) is 25.7 Å². The van der Waals surface area contributed by atoms with Crippen LogP contribution >= 0.6 is 0 Å². The molecule has 0 bridgehead atoms. The molecule has 3 heterocycles. The molecule has 0 spiro atoms. The number of carboxylic acids is 4. The molecule has 0 aromatic carbocycles. The molecule has 25 heteroatoms. The Labute approximate surface area is 385 Å². The minimum atomic E-state index is -3.22. The first-order valence-corrected chi connectivity index (χ1v) is 21.8. The number of nitrogens with one attached hydrogen (secondary N) is 3. The van der Waals surface area contributed by atoms with Gasteiger partial charge in [-0.05, 0) is 31.9 Å². The highest BCUT2D eigenvalue weighted by molar-refractivity contribution is 5.97. The molecule has 1 aromatic heterocycles. The third-order valence-corrected chi connectivity index (χ3v) is 11.1. The summed E-state index contributed by atoms with van der Waals surface area (Å²) < 4.78 is 27.6. The number of aromatic nitrogens is 1. The fourth-order valence-electron chi connectivity index (χ4n) is 7.48. The van der Waals surface area contributed by atoms with E-state index in [4.69, 9.17) is 0 Å². The topological polar surface area (TPSA) is 324 Å². The number of hydrogen-bond donors (Lipinski definition) is 7. The van der Waals surface area contributed by atoms with Crippen LogP contribution in [0.3, 0.4) is 0 Å². The Hall–Kier alpha value is -6.23. The van der Waals surface area contributed by atoms with Crippen molar-refractivity contribution in [3.05, 3.63) is 29.6 Å². The number of carbonyl (C=O) groups is 9. The molecule has 2 aliphatic rings. The first-order valence-electron chi connectivity index (χ1n) is 21.8. The maximum absolute atomic E-state index is 13.8. The van der Waals surface area contributed by atoms with Gasteiger partial charge in [0.15, 0.2) is 0 Å². The summed E-state index contributed by atoms with van der Waals surface area (Å²) in [5.41, 5.74) is 0.295. The Kier molecular flexibility index (Phi) is 22.5. The number of Topliss-reactive ketones (excluding diaryl/α,β-unsaturated/α-hetero) is 1. The lowest BCUT2D eigenvalue weighted by Gasteiger charge is -2.32. The van der Waals surface area contributed by atoms with E-state index in [0.717, 1.165) is 4.90 Å². The molecule has 2 unspecified atom stereocenters. The van der Waals surface area contributed by atoms with E-state index >= 15 is 0 Å². The van der Waals surface area contributed by atoms with Crippen LogP contribution in [-0.2, 0) is 44.9 Å². The van der Waals surface area contributed by atoms with Gasteiger partial charge in [0.2, 0.25) is 17.7 Å². The summed E-state index contributed by atoms with van der Waals surface area (Å²) >= 11 is 0. The molecule has 0 radical (unpaired) electrons. The number of likely N-dealkylation sites (tertiary alicyclic amines) is 1. The second kappa shape index (κ2) is 27.4. The molecule has 0 saturated carbocycles. The molecular formula is C42H60F2N10O13. The number of unbranched alkanes of at least 4 members (excludes halogenated alkanes) is 1. The number of halogens is 2. The zero-order valence-corrected chi connectivity index (χ0v) is 37.4. The second-order valence-corrected chi connectivity index (χ2v) is 16.6. The van der Waals surface area contributed by atoms with E-state index in [1.807, 2.05) is 0 Å². The largest absolute Gasteiger partial charge is 0.481 e. The summed E-state index contributed by atoms with van der Waals surface area (Å²) in [4.78, 5) is 122. The minimum Gasteiger partial charge on any atom is -0.481 e. The van der Waals surface area contributed by atoms with E-state index in [1.165, 1.54) is 25.3 Å². The summed E-state index contributed by atoms with van der Waals surface area (Å²) in [6, 6.07) is 1.79. The van der Waals surface area contributed by atoms with Crippen molar-refractivity contribution in [2.45, 2.75) is 76.4 Å². The number of nitriles is 1. The van der Waals surface area contributed by atoms with Gasteiger partial charge >= 0.3 is 23.9 Å². The van der Waals surface area contributed by atoms with Crippen molar-refractivity contribution in [3.63, 3.8) is 0 Å². The first-order chi connectivity index (χ1) is 31.6. The molecule has 1 aromatic rings. The Balaban J connectivity index is 1.41. The van der Waals surface area contributed by atoms with Gasteiger partial charge in [-0.15, -0.1) is 0 Å². The van der Waals surface area contributed by atoms with Crippen LogP contribution < -0.4 is 16.0 Å². The highest BCUT2D eigenvalue weighted by atomic mass is 19.3. The SMILES string of the molecule is CC(NC(=O)c1ccnc(CNC(=O)CCC(=O)CC(CCCCNC(=O)CN2CCN(CC(=O)O)CCN(CC(=O)O)CCN(CC(=O)O)CC2)C(=O)O)c1)C(=O)N1CC(F)(F)C[C@H]1C#N. The van der Waals surface area contributed by atoms with Gasteiger partial charge < -0.3 is 41.3 Å². The van der Waals surface area contributed by atoms with Gasteiger partial charge in [0.05, 0.1) is 56.9 Å². The monoisotopic (exact) mass is 950 g/mol. The van der Waals surface area contributed by atoms with Crippen LogP contribution in [0.5, 0.6) is 0 Å². The molecule has 4 amide bonds. The lowest BCUT2D eigenvalue weighted by molar-refractivity contribution is -0.144. The average Bonchev–Trinajstić information content (AvgIpc) is 3.58. The molecule has 370 valence electrons.